The van der Waals surface area contributed by atoms with Gasteiger partial charge in [0.1, 0.15) is 0 Å². The van der Waals surface area contributed by atoms with Crippen LogP contribution in [-0.4, -0.2) is 35.9 Å². The van der Waals surface area contributed by atoms with Gasteiger partial charge in [0.2, 0.25) is 0 Å². The summed E-state index contributed by atoms with van der Waals surface area (Å²) in [5.74, 6) is -1.05. The number of carboxylic acid groups (broad SMARTS) is 1. The summed E-state index contributed by atoms with van der Waals surface area (Å²) in [6, 6.07) is 1.84. The Hall–Kier alpha value is -2.18. The van der Waals surface area contributed by atoms with Gasteiger partial charge >= 0.3 is 5.97 Å². The smallest absolute Gasteiger partial charge is 0.358 e. The first-order chi connectivity index (χ1) is 8.89. The third-order valence-corrected chi connectivity index (χ3v) is 2.75. The quantitative estimate of drug-likeness (QED) is 0.894. The van der Waals surface area contributed by atoms with Crippen molar-refractivity contribution in [2.45, 2.75) is 39.3 Å². The minimum Gasteiger partial charge on any atom is -0.476 e. The SMILES string of the molecule is CC(C)(C)c1c(C(=O)O)nnn1CCn1cccn1. The van der Waals surface area contributed by atoms with E-state index in [0.29, 0.717) is 18.8 Å². The molecule has 0 aliphatic rings. The van der Waals surface area contributed by atoms with E-state index >= 15 is 0 Å². The first kappa shape index (κ1) is 13.3. The zero-order valence-electron chi connectivity index (χ0n) is 11.2. The summed E-state index contributed by atoms with van der Waals surface area (Å²) >= 11 is 0. The number of aromatic carboxylic acids is 1. The number of hydrogen-bond donors (Lipinski definition) is 1. The molecule has 2 aromatic heterocycles. The fraction of sp³-hybridized carbons (Fsp3) is 0.500. The lowest BCUT2D eigenvalue weighted by atomic mass is 9.90. The van der Waals surface area contributed by atoms with Crippen molar-refractivity contribution in [1.82, 2.24) is 24.8 Å². The van der Waals surface area contributed by atoms with Crippen LogP contribution < -0.4 is 0 Å². The molecule has 0 amide bonds. The fourth-order valence-corrected chi connectivity index (χ4v) is 1.99. The molecule has 0 saturated carbocycles. The van der Waals surface area contributed by atoms with Crippen LogP contribution >= 0.6 is 0 Å². The van der Waals surface area contributed by atoms with Gasteiger partial charge in [-0.3, -0.25) is 4.68 Å². The molecular formula is C12H17N5O2. The zero-order valence-corrected chi connectivity index (χ0v) is 11.2. The van der Waals surface area contributed by atoms with E-state index in [0.717, 1.165) is 0 Å². The van der Waals surface area contributed by atoms with Crippen molar-refractivity contribution in [2.75, 3.05) is 0 Å². The summed E-state index contributed by atoms with van der Waals surface area (Å²) in [7, 11) is 0. The maximum atomic E-state index is 11.2. The topological polar surface area (TPSA) is 85.8 Å². The summed E-state index contributed by atoms with van der Waals surface area (Å²) in [5, 5.41) is 21.0. The van der Waals surface area contributed by atoms with Crippen molar-refractivity contribution in [3.63, 3.8) is 0 Å². The van der Waals surface area contributed by atoms with Gasteiger partial charge in [-0.15, -0.1) is 5.10 Å². The van der Waals surface area contributed by atoms with Crippen LogP contribution in [0.15, 0.2) is 18.5 Å². The van der Waals surface area contributed by atoms with Crippen molar-refractivity contribution in [2.24, 2.45) is 0 Å². The van der Waals surface area contributed by atoms with Gasteiger partial charge in [-0.05, 0) is 6.07 Å². The van der Waals surface area contributed by atoms with Crippen LogP contribution in [0.2, 0.25) is 0 Å². The molecule has 1 N–H and O–H groups in total. The average molecular weight is 263 g/mol. The highest BCUT2D eigenvalue weighted by molar-refractivity contribution is 5.86. The standard InChI is InChI=1S/C12H17N5O2/c1-12(2,3)10-9(11(18)19)14-15-17(10)8-7-16-6-4-5-13-16/h4-6H,7-8H2,1-3H3,(H,18,19). The second-order valence-electron chi connectivity index (χ2n) is 5.33. The Morgan fingerprint density at radius 3 is 2.63 bits per heavy atom. The van der Waals surface area contributed by atoms with E-state index < -0.39 is 5.97 Å². The summed E-state index contributed by atoms with van der Waals surface area (Å²) in [6.07, 6.45) is 3.56. The molecule has 102 valence electrons. The normalized spacial score (nSPS) is 11.7. The second-order valence-corrected chi connectivity index (χ2v) is 5.33. The largest absolute Gasteiger partial charge is 0.476 e. The number of aromatic nitrogens is 5. The molecule has 2 rings (SSSR count). The van der Waals surface area contributed by atoms with Crippen molar-refractivity contribution in [3.8, 4) is 0 Å². The number of rotatable bonds is 4. The molecule has 7 heteroatoms. The van der Waals surface area contributed by atoms with E-state index in [-0.39, 0.29) is 11.1 Å². The first-order valence-electron chi connectivity index (χ1n) is 6.04. The fourth-order valence-electron chi connectivity index (χ4n) is 1.99. The summed E-state index contributed by atoms with van der Waals surface area (Å²) in [4.78, 5) is 11.2. The third kappa shape index (κ3) is 2.81. The van der Waals surface area contributed by atoms with Crippen LogP contribution in [0, 0.1) is 0 Å². The molecule has 0 aromatic carbocycles. The van der Waals surface area contributed by atoms with Crippen LogP contribution in [0.4, 0.5) is 0 Å². The van der Waals surface area contributed by atoms with Gasteiger partial charge in [0.15, 0.2) is 5.69 Å². The lowest BCUT2D eigenvalue weighted by Crippen LogP contribution is -2.23. The molecule has 0 fully saturated rings. The maximum Gasteiger partial charge on any atom is 0.358 e. The van der Waals surface area contributed by atoms with Crippen LogP contribution in [0.3, 0.4) is 0 Å². The lowest BCUT2D eigenvalue weighted by Gasteiger charge is -2.20. The minimum atomic E-state index is -1.05. The van der Waals surface area contributed by atoms with Crippen LogP contribution in [0.1, 0.15) is 37.0 Å². The van der Waals surface area contributed by atoms with Gasteiger partial charge in [-0.25, -0.2) is 9.48 Å². The molecule has 0 unspecified atom stereocenters. The highest BCUT2D eigenvalue weighted by atomic mass is 16.4. The van der Waals surface area contributed by atoms with Crippen molar-refractivity contribution < 1.29 is 9.90 Å². The lowest BCUT2D eigenvalue weighted by molar-refractivity contribution is 0.0687. The summed E-state index contributed by atoms with van der Waals surface area (Å²) < 4.78 is 3.42. The van der Waals surface area contributed by atoms with Crippen molar-refractivity contribution in [3.05, 3.63) is 29.8 Å². The first-order valence-corrected chi connectivity index (χ1v) is 6.04. The van der Waals surface area contributed by atoms with E-state index in [1.807, 2.05) is 33.0 Å². The van der Waals surface area contributed by atoms with Crippen molar-refractivity contribution in [1.29, 1.82) is 0 Å². The third-order valence-electron chi connectivity index (χ3n) is 2.75. The van der Waals surface area contributed by atoms with E-state index in [9.17, 15) is 4.79 Å². The number of aryl methyl sites for hydroxylation is 2. The highest BCUT2D eigenvalue weighted by Gasteiger charge is 2.28. The average Bonchev–Trinajstić information content (AvgIpc) is 2.94. The van der Waals surface area contributed by atoms with Gasteiger partial charge in [0, 0.05) is 17.8 Å². The highest BCUT2D eigenvalue weighted by Crippen LogP contribution is 2.24. The Labute approximate surface area is 110 Å². The Kier molecular flexibility index (Phi) is 3.37. The molecule has 19 heavy (non-hydrogen) atoms. The number of hydrogen-bond acceptors (Lipinski definition) is 4. The predicted octanol–water partition coefficient (Wildman–Crippen LogP) is 1.17. The second kappa shape index (κ2) is 4.83. The summed E-state index contributed by atoms with van der Waals surface area (Å²) in [6.45, 7) is 7.00. The van der Waals surface area contributed by atoms with E-state index in [4.69, 9.17) is 5.11 Å². The Balaban J connectivity index is 2.27. The molecular weight excluding hydrogens is 246 g/mol. The Morgan fingerprint density at radius 2 is 2.11 bits per heavy atom. The predicted molar refractivity (Wildman–Crippen MR) is 67.9 cm³/mol. The van der Waals surface area contributed by atoms with Crippen LogP contribution in [0.5, 0.6) is 0 Å². The number of carbonyl (C=O) groups is 1. The van der Waals surface area contributed by atoms with Crippen LogP contribution in [0.25, 0.3) is 0 Å². The Morgan fingerprint density at radius 1 is 1.37 bits per heavy atom. The van der Waals surface area contributed by atoms with E-state index in [1.54, 1.807) is 15.6 Å². The zero-order chi connectivity index (χ0) is 14.0. The summed E-state index contributed by atoms with van der Waals surface area (Å²) in [5.41, 5.74) is 0.321. The monoisotopic (exact) mass is 263 g/mol. The van der Waals surface area contributed by atoms with Gasteiger partial charge in [-0.2, -0.15) is 5.10 Å². The van der Waals surface area contributed by atoms with Gasteiger partial charge in [0.05, 0.1) is 18.8 Å². The van der Waals surface area contributed by atoms with Crippen LogP contribution in [-0.2, 0) is 18.5 Å². The molecule has 0 radical (unpaired) electrons. The van der Waals surface area contributed by atoms with Gasteiger partial charge < -0.3 is 5.11 Å². The molecule has 2 heterocycles. The molecule has 0 aliphatic carbocycles. The minimum absolute atomic E-state index is 0.0213. The molecule has 7 nitrogen and oxygen atoms in total. The van der Waals surface area contributed by atoms with Crippen molar-refractivity contribution >= 4 is 5.97 Å². The molecule has 2 aromatic rings. The number of carboxylic acids is 1. The molecule has 0 atom stereocenters. The number of nitrogens with zero attached hydrogens (tertiary/aromatic N) is 5. The molecule has 0 aliphatic heterocycles. The van der Waals surface area contributed by atoms with E-state index in [2.05, 4.69) is 15.4 Å². The molecule has 0 bridgehead atoms. The van der Waals surface area contributed by atoms with Gasteiger partial charge in [0.25, 0.3) is 0 Å². The Bertz CT molecular complexity index is 565. The van der Waals surface area contributed by atoms with E-state index in [1.165, 1.54) is 0 Å². The maximum absolute atomic E-state index is 11.2. The van der Waals surface area contributed by atoms with Gasteiger partial charge in [-0.1, -0.05) is 26.0 Å². The molecule has 0 spiro atoms. The molecule has 0 saturated heterocycles.